The molecule has 0 aliphatic carbocycles. The van der Waals surface area contributed by atoms with Gasteiger partial charge in [-0.1, -0.05) is 18.2 Å². The summed E-state index contributed by atoms with van der Waals surface area (Å²) < 4.78 is 1.74. The van der Waals surface area contributed by atoms with Crippen molar-refractivity contribution >= 4 is 28.6 Å². The van der Waals surface area contributed by atoms with E-state index in [9.17, 15) is 9.59 Å². The lowest BCUT2D eigenvalue weighted by Gasteiger charge is -2.35. The van der Waals surface area contributed by atoms with Crippen LogP contribution in [-0.2, 0) is 11.3 Å². The zero-order valence-electron chi connectivity index (χ0n) is 18.9. The predicted octanol–water partition coefficient (Wildman–Crippen LogP) is 2.52. The number of carbonyl (C=O) groups excluding carboxylic acids is 1. The van der Waals surface area contributed by atoms with Crippen molar-refractivity contribution in [1.82, 2.24) is 19.4 Å². The van der Waals surface area contributed by atoms with Gasteiger partial charge in [-0.3, -0.25) is 9.59 Å². The molecule has 2 aromatic heterocycles. The second-order valence-corrected chi connectivity index (χ2v) is 8.73. The van der Waals surface area contributed by atoms with Crippen LogP contribution in [0.4, 0.5) is 11.6 Å². The minimum Gasteiger partial charge on any atom is -0.353 e. The van der Waals surface area contributed by atoms with Crippen molar-refractivity contribution in [2.75, 3.05) is 49.1 Å². The summed E-state index contributed by atoms with van der Waals surface area (Å²) in [7, 11) is 0. The molecular weight excluding hydrogens is 416 g/mol. The minimum absolute atomic E-state index is 0.0861. The molecule has 0 radical (unpaired) electrons. The molecule has 8 heteroatoms. The third kappa shape index (κ3) is 4.55. The van der Waals surface area contributed by atoms with Crippen LogP contribution in [0.1, 0.15) is 25.7 Å². The third-order valence-corrected chi connectivity index (χ3v) is 6.65. The molecule has 0 unspecified atom stereocenters. The molecule has 0 saturated carbocycles. The van der Waals surface area contributed by atoms with Crippen molar-refractivity contribution in [2.45, 2.75) is 32.2 Å². The SMILES string of the molecule is O=C(CCn1c(=O)c(N2CCCCC2)nc2ccccc21)N1CCN(c2ccccn2)CC1. The number of benzene rings is 1. The summed E-state index contributed by atoms with van der Waals surface area (Å²) in [5, 5.41) is 0. The van der Waals surface area contributed by atoms with Crippen LogP contribution in [0.3, 0.4) is 0 Å². The van der Waals surface area contributed by atoms with Crippen LogP contribution in [0.15, 0.2) is 53.5 Å². The smallest absolute Gasteiger partial charge is 0.294 e. The lowest BCUT2D eigenvalue weighted by atomic mass is 10.1. The fraction of sp³-hybridized carbons (Fsp3) is 0.440. The van der Waals surface area contributed by atoms with Gasteiger partial charge in [-0.05, 0) is 43.5 Å². The highest BCUT2D eigenvalue weighted by Gasteiger charge is 2.23. The minimum atomic E-state index is -0.0941. The number of rotatable bonds is 5. The summed E-state index contributed by atoms with van der Waals surface area (Å²) in [5.41, 5.74) is 1.49. The number of anilines is 2. The highest BCUT2D eigenvalue weighted by Crippen LogP contribution is 2.19. The Morgan fingerprint density at radius 1 is 0.848 bits per heavy atom. The van der Waals surface area contributed by atoms with Gasteiger partial charge in [-0.15, -0.1) is 0 Å². The summed E-state index contributed by atoms with van der Waals surface area (Å²) in [6.07, 6.45) is 5.45. The van der Waals surface area contributed by atoms with Crippen LogP contribution >= 0.6 is 0 Å². The first-order chi connectivity index (χ1) is 16.2. The number of hydrogen-bond acceptors (Lipinski definition) is 6. The fourth-order valence-electron chi connectivity index (χ4n) is 4.80. The van der Waals surface area contributed by atoms with Crippen LogP contribution < -0.4 is 15.4 Å². The summed E-state index contributed by atoms with van der Waals surface area (Å²) >= 11 is 0. The summed E-state index contributed by atoms with van der Waals surface area (Å²) in [6.45, 7) is 4.95. The van der Waals surface area contributed by atoms with Gasteiger partial charge < -0.3 is 19.3 Å². The van der Waals surface area contributed by atoms with Crippen molar-refractivity contribution < 1.29 is 4.79 Å². The molecule has 4 heterocycles. The van der Waals surface area contributed by atoms with Crippen LogP contribution in [0.5, 0.6) is 0 Å². The Hall–Kier alpha value is -3.42. The highest BCUT2D eigenvalue weighted by atomic mass is 16.2. The number of nitrogens with zero attached hydrogens (tertiary/aromatic N) is 6. The molecule has 2 aliphatic heterocycles. The maximum atomic E-state index is 13.4. The fourth-order valence-corrected chi connectivity index (χ4v) is 4.80. The Bertz CT molecular complexity index is 1160. The van der Waals surface area contributed by atoms with Crippen LogP contribution in [0, 0.1) is 0 Å². The Kier molecular flexibility index (Phi) is 6.24. The predicted molar refractivity (Wildman–Crippen MR) is 130 cm³/mol. The molecule has 1 amide bonds. The molecule has 172 valence electrons. The lowest BCUT2D eigenvalue weighted by molar-refractivity contribution is -0.131. The van der Waals surface area contributed by atoms with Gasteiger partial charge in [0.25, 0.3) is 5.56 Å². The standard InChI is InChI=1S/C25H30N6O2/c32-23(29-18-16-28(17-19-29)22-10-4-5-12-26-22)11-15-31-21-9-3-2-8-20(21)27-24(25(31)33)30-13-6-1-7-14-30/h2-5,8-10,12H,1,6-7,11,13-19H2. The molecule has 3 aromatic rings. The molecule has 33 heavy (non-hydrogen) atoms. The molecular formula is C25H30N6O2. The van der Waals surface area contributed by atoms with Crippen LogP contribution in [-0.4, -0.2) is 64.6 Å². The highest BCUT2D eigenvalue weighted by molar-refractivity contribution is 5.78. The van der Waals surface area contributed by atoms with Crippen LogP contribution in [0.2, 0.25) is 0 Å². The Labute approximate surface area is 193 Å². The number of carbonyl (C=O) groups is 1. The first-order valence-corrected chi connectivity index (χ1v) is 11.9. The van der Waals surface area contributed by atoms with E-state index in [-0.39, 0.29) is 11.5 Å². The van der Waals surface area contributed by atoms with E-state index in [1.54, 1.807) is 10.8 Å². The molecule has 0 atom stereocenters. The van der Waals surface area contributed by atoms with E-state index in [1.165, 1.54) is 6.42 Å². The van der Waals surface area contributed by atoms with Gasteiger partial charge in [0.15, 0.2) is 5.82 Å². The second kappa shape index (κ2) is 9.60. The monoisotopic (exact) mass is 446 g/mol. The number of piperidine rings is 1. The van der Waals surface area contributed by atoms with E-state index in [4.69, 9.17) is 4.98 Å². The molecule has 2 fully saturated rings. The van der Waals surface area contributed by atoms with Crippen molar-refractivity contribution in [3.05, 3.63) is 59.0 Å². The van der Waals surface area contributed by atoms with E-state index in [0.29, 0.717) is 31.9 Å². The van der Waals surface area contributed by atoms with E-state index in [1.807, 2.05) is 47.4 Å². The number of piperazine rings is 1. The lowest BCUT2D eigenvalue weighted by Crippen LogP contribution is -2.49. The number of hydrogen-bond donors (Lipinski definition) is 0. The average molecular weight is 447 g/mol. The topological polar surface area (TPSA) is 74.6 Å². The Balaban J connectivity index is 1.29. The summed E-state index contributed by atoms with van der Waals surface area (Å²) in [6, 6.07) is 13.6. The van der Waals surface area contributed by atoms with Crippen molar-refractivity contribution in [3.63, 3.8) is 0 Å². The van der Waals surface area contributed by atoms with E-state index >= 15 is 0 Å². The quantitative estimate of drug-likeness (QED) is 0.600. The van der Waals surface area contributed by atoms with Gasteiger partial charge in [-0.25, -0.2) is 9.97 Å². The molecule has 1 aromatic carbocycles. The molecule has 0 spiro atoms. The maximum Gasteiger partial charge on any atom is 0.294 e. The van der Waals surface area contributed by atoms with Gasteiger partial charge in [0.05, 0.1) is 11.0 Å². The molecule has 2 saturated heterocycles. The molecule has 5 rings (SSSR count). The molecule has 2 aliphatic rings. The Morgan fingerprint density at radius 3 is 2.36 bits per heavy atom. The Morgan fingerprint density at radius 2 is 1.61 bits per heavy atom. The first-order valence-electron chi connectivity index (χ1n) is 11.9. The van der Waals surface area contributed by atoms with Gasteiger partial charge in [-0.2, -0.15) is 0 Å². The number of aromatic nitrogens is 3. The first kappa shape index (κ1) is 21.4. The van der Waals surface area contributed by atoms with Gasteiger partial charge in [0, 0.05) is 58.4 Å². The average Bonchev–Trinajstić information content (AvgIpc) is 2.89. The molecule has 0 N–H and O–H groups in total. The number of aryl methyl sites for hydroxylation is 1. The van der Waals surface area contributed by atoms with Crippen molar-refractivity contribution in [1.29, 1.82) is 0 Å². The van der Waals surface area contributed by atoms with Crippen molar-refractivity contribution in [2.24, 2.45) is 0 Å². The normalized spacial score (nSPS) is 16.9. The number of amides is 1. The van der Waals surface area contributed by atoms with E-state index < -0.39 is 0 Å². The second-order valence-electron chi connectivity index (χ2n) is 8.73. The zero-order chi connectivity index (χ0) is 22.6. The van der Waals surface area contributed by atoms with E-state index in [0.717, 1.165) is 55.9 Å². The maximum absolute atomic E-state index is 13.4. The summed E-state index contributed by atoms with van der Waals surface area (Å²) in [4.78, 5) is 41.7. The number of fused-ring (bicyclic) bond motifs is 1. The van der Waals surface area contributed by atoms with E-state index in [2.05, 4.69) is 14.8 Å². The van der Waals surface area contributed by atoms with Gasteiger partial charge in [0.1, 0.15) is 5.82 Å². The van der Waals surface area contributed by atoms with Crippen molar-refractivity contribution in [3.8, 4) is 0 Å². The molecule has 0 bridgehead atoms. The van der Waals surface area contributed by atoms with Gasteiger partial charge in [0.2, 0.25) is 5.91 Å². The number of pyridine rings is 1. The molecule has 8 nitrogen and oxygen atoms in total. The van der Waals surface area contributed by atoms with Gasteiger partial charge >= 0.3 is 0 Å². The third-order valence-electron chi connectivity index (χ3n) is 6.65. The largest absolute Gasteiger partial charge is 0.353 e. The zero-order valence-corrected chi connectivity index (χ0v) is 18.9. The summed E-state index contributed by atoms with van der Waals surface area (Å²) in [5.74, 6) is 1.55. The van der Waals surface area contributed by atoms with Crippen LogP contribution in [0.25, 0.3) is 11.0 Å². The number of para-hydroxylation sites is 2.